The maximum Gasteiger partial charge on any atom is 0.303 e. The third-order valence-electron chi connectivity index (χ3n) is 4.53. The van der Waals surface area contributed by atoms with Crippen molar-refractivity contribution in [2.75, 3.05) is 16.2 Å². The maximum absolute atomic E-state index is 13.7. The molecule has 2 aromatic rings. The lowest BCUT2D eigenvalue weighted by atomic mass is 10.2. The molecule has 0 unspecified atom stereocenters. The van der Waals surface area contributed by atoms with Crippen LogP contribution in [-0.4, -0.2) is 31.9 Å². The fourth-order valence-electron chi connectivity index (χ4n) is 3.02. The predicted octanol–water partition coefficient (Wildman–Crippen LogP) is 2.69. The smallest absolute Gasteiger partial charge is 0.303 e. The van der Waals surface area contributed by atoms with Crippen molar-refractivity contribution in [2.45, 2.75) is 31.1 Å². The standard InChI is InChI=1S/C19H19FN2O5S/c1-12-2-3-14(11-16(12)20)21-28(26,27)15-4-5-17-13(10-15)8-9-22(17)18(23)6-7-19(24)25/h2-5,10-11,21H,6-9H2,1H3,(H,24,25). The van der Waals surface area contributed by atoms with Gasteiger partial charge in [0.1, 0.15) is 5.82 Å². The van der Waals surface area contributed by atoms with E-state index in [2.05, 4.69) is 4.72 Å². The minimum absolute atomic E-state index is 0.00654. The number of fused-ring (bicyclic) bond motifs is 1. The quantitative estimate of drug-likeness (QED) is 0.768. The van der Waals surface area contributed by atoms with Crippen LogP contribution in [0.25, 0.3) is 0 Å². The number of carbonyl (C=O) groups excluding carboxylic acids is 1. The van der Waals surface area contributed by atoms with Gasteiger partial charge in [0, 0.05) is 18.7 Å². The minimum atomic E-state index is -3.92. The molecule has 0 saturated heterocycles. The van der Waals surface area contributed by atoms with Gasteiger partial charge in [-0.2, -0.15) is 0 Å². The number of hydrogen-bond acceptors (Lipinski definition) is 4. The summed E-state index contributed by atoms with van der Waals surface area (Å²) in [5.41, 5.74) is 1.79. The monoisotopic (exact) mass is 406 g/mol. The maximum atomic E-state index is 13.7. The third-order valence-corrected chi connectivity index (χ3v) is 5.91. The first-order valence-electron chi connectivity index (χ1n) is 8.61. The van der Waals surface area contributed by atoms with Crippen LogP contribution in [0.4, 0.5) is 15.8 Å². The number of nitrogens with zero attached hydrogens (tertiary/aromatic N) is 1. The number of carboxylic acids is 1. The average molecular weight is 406 g/mol. The Balaban J connectivity index is 1.80. The van der Waals surface area contributed by atoms with Crippen LogP contribution in [0.2, 0.25) is 0 Å². The van der Waals surface area contributed by atoms with Crippen LogP contribution >= 0.6 is 0 Å². The molecule has 0 atom stereocenters. The summed E-state index contributed by atoms with van der Waals surface area (Å²) in [5, 5.41) is 8.71. The fourth-order valence-corrected chi connectivity index (χ4v) is 4.12. The van der Waals surface area contributed by atoms with Crippen LogP contribution in [0.5, 0.6) is 0 Å². The summed E-state index contributed by atoms with van der Waals surface area (Å²) in [6, 6.07) is 8.46. The average Bonchev–Trinajstić information content (AvgIpc) is 3.06. The summed E-state index contributed by atoms with van der Waals surface area (Å²) in [7, 11) is -3.92. The Morgan fingerprint density at radius 3 is 2.61 bits per heavy atom. The van der Waals surface area contributed by atoms with Gasteiger partial charge in [-0.25, -0.2) is 12.8 Å². The van der Waals surface area contributed by atoms with Crippen molar-refractivity contribution in [3.05, 3.63) is 53.3 Å². The van der Waals surface area contributed by atoms with E-state index in [4.69, 9.17) is 5.11 Å². The van der Waals surface area contributed by atoms with Crippen molar-refractivity contribution in [2.24, 2.45) is 0 Å². The molecule has 0 saturated carbocycles. The van der Waals surface area contributed by atoms with Crippen molar-refractivity contribution in [1.82, 2.24) is 0 Å². The largest absolute Gasteiger partial charge is 0.481 e. The van der Waals surface area contributed by atoms with E-state index < -0.39 is 21.8 Å². The molecule has 0 fully saturated rings. The highest BCUT2D eigenvalue weighted by Gasteiger charge is 2.27. The fraction of sp³-hybridized carbons (Fsp3) is 0.263. The van der Waals surface area contributed by atoms with Crippen molar-refractivity contribution >= 4 is 33.3 Å². The molecule has 1 aliphatic heterocycles. The van der Waals surface area contributed by atoms with Crippen LogP contribution in [0.3, 0.4) is 0 Å². The number of anilines is 2. The molecule has 2 N–H and O–H groups in total. The number of hydrogen-bond donors (Lipinski definition) is 2. The highest BCUT2D eigenvalue weighted by Crippen LogP contribution is 2.31. The SMILES string of the molecule is Cc1ccc(NS(=O)(=O)c2ccc3c(c2)CCN3C(=O)CCC(=O)O)cc1F. The number of aryl methyl sites for hydroxylation is 1. The molecule has 0 radical (unpaired) electrons. The Hall–Kier alpha value is -2.94. The lowest BCUT2D eigenvalue weighted by Crippen LogP contribution is -2.29. The van der Waals surface area contributed by atoms with Gasteiger partial charge in [0.2, 0.25) is 5.91 Å². The molecule has 2 aromatic carbocycles. The molecule has 28 heavy (non-hydrogen) atoms. The topological polar surface area (TPSA) is 104 Å². The van der Waals surface area contributed by atoms with Gasteiger partial charge >= 0.3 is 5.97 Å². The van der Waals surface area contributed by atoms with E-state index >= 15 is 0 Å². The molecule has 0 aromatic heterocycles. The second kappa shape index (κ2) is 7.59. The van der Waals surface area contributed by atoms with E-state index in [1.165, 1.54) is 35.2 Å². The number of carbonyl (C=O) groups is 2. The number of benzene rings is 2. The molecule has 1 heterocycles. The number of rotatable bonds is 6. The summed E-state index contributed by atoms with van der Waals surface area (Å²) in [4.78, 5) is 24.3. The van der Waals surface area contributed by atoms with E-state index in [9.17, 15) is 22.4 Å². The van der Waals surface area contributed by atoms with Gasteiger partial charge in [-0.15, -0.1) is 0 Å². The van der Waals surface area contributed by atoms with Crippen LogP contribution in [-0.2, 0) is 26.0 Å². The summed E-state index contributed by atoms with van der Waals surface area (Å²) >= 11 is 0. The number of amides is 1. The number of halogens is 1. The molecular formula is C19H19FN2O5S. The van der Waals surface area contributed by atoms with Gasteiger partial charge in [0.15, 0.2) is 0 Å². The Labute approximate surface area is 161 Å². The van der Waals surface area contributed by atoms with Crippen LogP contribution in [0.15, 0.2) is 41.3 Å². The van der Waals surface area contributed by atoms with Crippen molar-refractivity contribution in [1.29, 1.82) is 0 Å². The van der Waals surface area contributed by atoms with E-state index in [0.29, 0.717) is 29.8 Å². The van der Waals surface area contributed by atoms with E-state index in [1.54, 1.807) is 6.92 Å². The highest BCUT2D eigenvalue weighted by atomic mass is 32.2. The highest BCUT2D eigenvalue weighted by molar-refractivity contribution is 7.92. The molecule has 9 heteroatoms. The van der Waals surface area contributed by atoms with Gasteiger partial charge in [0.25, 0.3) is 10.0 Å². The first kappa shape index (κ1) is 19.8. The molecule has 1 aliphatic rings. The lowest BCUT2D eigenvalue weighted by molar-refractivity contribution is -0.138. The number of nitrogens with one attached hydrogen (secondary N) is 1. The summed E-state index contributed by atoms with van der Waals surface area (Å²) < 4.78 is 41.2. The van der Waals surface area contributed by atoms with Crippen LogP contribution in [0, 0.1) is 12.7 Å². The molecular weight excluding hydrogens is 387 g/mol. The van der Waals surface area contributed by atoms with Crippen molar-refractivity contribution in [3.63, 3.8) is 0 Å². The Kier molecular flexibility index (Phi) is 5.37. The van der Waals surface area contributed by atoms with Gasteiger partial charge in [-0.1, -0.05) is 6.07 Å². The molecule has 7 nitrogen and oxygen atoms in total. The Morgan fingerprint density at radius 2 is 1.93 bits per heavy atom. The second-order valence-electron chi connectivity index (χ2n) is 6.55. The summed E-state index contributed by atoms with van der Waals surface area (Å²) in [6.45, 7) is 1.95. The third kappa shape index (κ3) is 4.14. The normalized spacial score (nSPS) is 13.3. The minimum Gasteiger partial charge on any atom is -0.481 e. The van der Waals surface area contributed by atoms with Crippen LogP contribution < -0.4 is 9.62 Å². The van der Waals surface area contributed by atoms with Crippen molar-refractivity contribution < 1.29 is 27.5 Å². The zero-order valence-electron chi connectivity index (χ0n) is 15.1. The number of carboxylic acid groups (broad SMARTS) is 1. The van der Waals surface area contributed by atoms with Gasteiger partial charge in [-0.05, 0) is 54.8 Å². The predicted molar refractivity (Wildman–Crippen MR) is 101 cm³/mol. The number of aliphatic carboxylic acids is 1. The molecule has 148 valence electrons. The van der Waals surface area contributed by atoms with E-state index in [-0.39, 0.29) is 29.3 Å². The first-order valence-corrected chi connectivity index (χ1v) is 10.1. The van der Waals surface area contributed by atoms with E-state index in [0.717, 1.165) is 6.07 Å². The van der Waals surface area contributed by atoms with E-state index in [1.807, 2.05) is 0 Å². The summed E-state index contributed by atoms with van der Waals surface area (Å²) in [5.74, 6) is -1.87. The zero-order chi connectivity index (χ0) is 20.5. The zero-order valence-corrected chi connectivity index (χ0v) is 15.9. The Bertz CT molecular complexity index is 1050. The van der Waals surface area contributed by atoms with Gasteiger partial charge in [-0.3, -0.25) is 14.3 Å². The first-order chi connectivity index (χ1) is 13.2. The second-order valence-corrected chi connectivity index (χ2v) is 8.23. The number of sulfonamides is 1. The van der Waals surface area contributed by atoms with Crippen molar-refractivity contribution in [3.8, 4) is 0 Å². The molecule has 1 amide bonds. The molecule has 0 spiro atoms. The summed E-state index contributed by atoms with van der Waals surface area (Å²) in [6.07, 6.45) is 0.0974. The molecule has 3 rings (SSSR count). The Morgan fingerprint density at radius 1 is 1.18 bits per heavy atom. The lowest BCUT2D eigenvalue weighted by Gasteiger charge is -2.17. The van der Waals surface area contributed by atoms with Crippen LogP contribution in [0.1, 0.15) is 24.0 Å². The van der Waals surface area contributed by atoms with Gasteiger partial charge < -0.3 is 10.0 Å². The van der Waals surface area contributed by atoms with Gasteiger partial charge in [0.05, 0.1) is 17.0 Å². The molecule has 0 aliphatic carbocycles. The molecule has 0 bridgehead atoms.